The normalized spacial score (nSPS) is 25.4. The fourth-order valence-corrected chi connectivity index (χ4v) is 3.98. The Bertz CT molecular complexity index is 1260. The van der Waals surface area contributed by atoms with Crippen LogP contribution in [0.2, 0.25) is 0 Å². The number of phenols is 5. The van der Waals surface area contributed by atoms with Crippen molar-refractivity contribution in [2.75, 3.05) is 0 Å². The third-order valence-electron chi connectivity index (χ3n) is 5.74. The Kier molecular flexibility index (Phi) is 5.58. The van der Waals surface area contributed by atoms with Crippen LogP contribution in [-0.2, 0) is 11.2 Å². The van der Waals surface area contributed by atoms with Crippen molar-refractivity contribution in [3.63, 3.8) is 0 Å². The highest BCUT2D eigenvalue weighted by Crippen LogP contribution is 2.41. The minimum Gasteiger partial charge on any atom is -0.508 e. The summed E-state index contributed by atoms with van der Waals surface area (Å²) in [6.45, 7) is 1.47. The number of ether oxygens (including phenoxy) is 1. The van der Waals surface area contributed by atoms with Gasteiger partial charge < -0.3 is 50.0 Å². The molecule has 3 aromatic rings. The van der Waals surface area contributed by atoms with Crippen molar-refractivity contribution >= 4 is 11.0 Å². The molecule has 2 heterocycles. The Morgan fingerprint density at radius 1 is 0.848 bits per heavy atom. The Hall–Kier alpha value is -3.51. The van der Waals surface area contributed by atoms with Crippen LogP contribution < -0.4 is 5.43 Å². The molecule has 0 amide bonds. The van der Waals surface area contributed by atoms with E-state index in [1.54, 1.807) is 0 Å². The van der Waals surface area contributed by atoms with E-state index in [9.17, 15) is 45.6 Å². The number of rotatable bonds is 3. The lowest BCUT2D eigenvalue weighted by atomic mass is 9.90. The average Bonchev–Trinajstić information content (AvgIpc) is 2.74. The van der Waals surface area contributed by atoms with Crippen LogP contribution in [0.4, 0.5) is 0 Å². The van der Waals surface area contributed by atoms with Crippen molar-refractivity contribution in [1.82, 2.24) is 0 Å². The smallest absolute Gasteiger partial charge is 0.200 e. The molecule has 33 heavy (non-hydrogen) atoms. The minimum atomic E-state index is -1.57. The zero-order chi connectivity index (χ0) is 24.2. The lowest BCUT2D eigenvalue weighted by molar-refractivity contribution is -0.216. The summed E-state index contributed by atoms with van der Waals surface area (Å²) in [6, 6.07) is 4.06. The van der Waals surface area contributed by atoms with Gasteiger partial charge in [-0.1, -0.05) is 0 Å². The van der Waals surface area contributed by atoms with Gasteiger partial charge in [0.1, 0.15) is 46.5 Å². The number of hydrogen-bond acceptors (Lipinski definition) is 11. The van der Waals surface area contributed by atoms with E-state index in [2.05, 4.69) is 0 Å². The first-order chi connectivity index (χ1) is 15.5. The van der Waals surface area contributed by atoms with Gasteiger partial charge in [-0.2, -0.15) is 0 Å². The number of hydrogen-bond donors (Lipinski definition) is 8. The summed E-state index contributed by atoms with van der Waals surface area (Å²) in [5.41, 5.74) is -1.18. The maximum absolute atomic E-state index is 13.4. The molecule has 11 nitrogen and oxygen atoms in total. The Morgan fingerprint density at radius 3 is 2.12 bits per heavy atom. The van der Waals surface area contributed by atoms with Gasteiger partial charge in [-0.3, -0.25) is 4.79 Å². The standard InChI is InChI=1S/C22H22O11/c1-7-17(27)21(31)20(30)15(32-7)6-10-18(28)16-11(24)4-9(23)5-14(16)33-22(10)8-2-12(25)19(29)13(26)3-8/h2-5,7,15,17,20-21,23-27,29-31H,6H2,1H3/t7-,15+,17+,20+,21-/m0/s1. The maximum atomic E-state index is 13.4. The van der Waals surface area contributed by atoms with Gasteiger partial charge in [0.05, 0.1) is 12.2 Å². The van der Waals surface area contributed by atoms with Crippen LogP contribution in [-0.4, -0.2) is 71.4 Å². The Balaban J connectivity index is 1.95. The van der Waals surface area contributed by atoms with Crippen LogP contribution in [0.1, 0.15) is 12.5 Å². The van der Waals surface area contributed by atoms with E-state index in [1.807, 2.05) is 0 Å². The van der Waals surface area contributed by atoms with Crippen molar-refractivity contribution in [1.29, 1.82) is 0 Å². The van der Waals surface area contributed by atoms with Crippen molar-refractivity contribution in [2.24, 2.45) is 0 Å². The molecule has 4 rings (SSSR count). The van der Waals surface area contributed by atoms with Crippen LogP contribution >= 0.6 is 0 Å². The fourth-order valence-electron chi connectivity index (χ4n) is 3.98. The zero-order valence-corrected chi connectivity index (χ0v) is 17.2. The second-order valence-corrected chi connectivity index (χ2v) is 8.00. The molecular formula is C22H22O11. The first kappa shape index (κ1) is 22.7. The number of aromatic hydroxyl groups is 5. The lowest BCUT2D eigenvalue weighted by Crippen LogP contribution is -2.57. The summed E-state index contributed by atoms with van der Waals surface area (Å²) in [6.07, 6.45) is -6.89. The van der Waals surface area contributed by atoms with E-state index >= 15 is 0 Å². The van der Waals surface area contributed by atoms with Crippen molar-refractivity contribution in [3.05, 3.63) is 40.1 Å². The zero-order valence-electron chi connectivity index (χ0n) is 17.2. The van der Waals surface area contributed by atoms with Crippen LogP contribution in [0.3, 0.4) is 0 Å². The van der Waals surface area contributed by atoms with Gasteiger partial charge in [0, 0.05) is 29.7 Å². The molecule has 0 aliphatic carbocycles. The number of phenolic OH excluding ortho intramolecular Hbond substituents is 5. The molecule has 0 spiro atoms. The molecule has 1 aromatic heterocycles. The van der Waals surface area contributed by atoms with Gasteiger partial charge >= 0.3 is 0 Å². The highest BCUT2D eigenvalue weighted by Gasteiger charge is 2.42. The molecule has 11 heteroatoms. The molecule has 1 aliphatic heterocycles. The number of benzene rings is 2. The largest absolute Gasteiger partial charge is 0.508 e. The molecule has 1 aliphatic rings. The summed E-state index contributed by atoms with van der Waals surface area (Å²) in [4.78, 5) is 13.4. The van der Waals surface area contributed by atoms with Gasteiger partial charge in [0.15, 0.2) is 22.7 Å². The van der Waals surface area contributed by atoms with E-state index in [0.717, 1.165) is 24.3 Å². The summed E-state index contributed by atoms with van der Waals surface area (Å²) < 4.78 is 11.3. The van der Waals surface area contributed by atoms with Crippen molar-refractivity contribution in [3.8, 4) is 40.1 Å². The van der Waals surface area contributed by atoms with Crippen molar-refractivity contribution in [2.45, 2.75) is 43.9 Å². The van der Waals surface area contributed by atoms with Gasteiger partial charge in [-0.15, -0.1) is 0 Å². The number of fused-ring (bicyclic) bond motifs is 1. The molecule has 1 fully saturated rings. The Morgan fingerprint density at radius 2 is 1.48 bits per heavy atom. The SMILES string of the molecule is C[C@@H]1O[C@H](Cc2c(-c3cc(O)c(O)c(O)c3)oc3cc(O)cc(O)c3c2=O)[C@@H](O)[C@@H](O)[C@@H]1O. The molecule has 0 unspecified atom stereocenters. The van der Waals surface area contributed by atoms with Crippen LogP contribution in [0.5, 0.6) is 28.7 Å². The molecule has 0 bridgehead atoms. The molecule has 1 saturated heterocycles. The van der Waals surface area contributed by atoms with Crippen LogP contribution in [0, 0.1) is 0 Å². The van der Waals surface area contributed by atoms with Gasteiger partial charge in [-0.05, 0) is 19.1 Å². The third kappa shape index (κ3) is 3.80. The van der Waals surface area contributed by atoms with Gasteiger partial charge in [-0.25, -0.2) is 0 Å². The average molecular weight is 462 g/mol. The number of aliphatic hydroxyl groups is 3. The summed E-state index contributed by atoms with van der Waals surface area (Å²) in [5.74, 6) is -3.40. The molecule has 2 aromatic carbocycles. The summed E-state index contributed by atoms with van der Waals surface area (Å²) in [7, 11) is 0. The highest BCUT2D eigenvalue weighted by atomic mass is 16.5. The quantitative estimate of drug-likeness (QED) is 0.250. The van der Waals surface area contributed by atoms with E-state index in [1.165, 1.54) is 6.92 Å². The summed E-state index contributed by atoms with van der Waals surface area (Å²) in [5, 5.41) is 79.7. The molecule has 5 atom stereocenters. The maximum Gasteiger partial charge on any atom is 0.200 e. The third-order valence-corrected chi connectivity index (χ3v) is 5.74. The van der Waals surface area contributed by atoms with Crippen LogP contribution in [0.25, 0.3) is 22.3 Å². The first-order valence-electron chi connectivity index (χ1n) is 9.96. The second kappa shape index (κ2) is 8.12. The number of aliphatic hydroxyl groups excluding tert-OH is 3. The fraction of sp³-hybridized carbons (Fsp3) is 0.318. The van der Waals surface area contributed by atoms with Gasteiger partial charge in [0.25, 0.3) is 0 Å². The van der Waals surface area contributed by atoms with E-state index in [-0.39, 0.29) is 34.3 Å². The van der Waals surface area contributed by atoms with Gasteiger partial charge in [0.2, 0.25) is 0 Å². The predicted molar refractivity (Wildman–Crippen MR) is 112 cm³/mol. The van der Waals surface area contributed by atoms with E-state index in [0.29, 0.717) is 0 Å². The molecule has 0 radical (unpaired) electrons. The predicted octanol–water partition coefficient (Wildman–Crippen LogP) is 0.400. The monoisotopic (exact) mass is 462 g/mol. The molecule has 8 N–H and O–H groups in total. The summed E-state index contributed by atoms with van der Waals surface area (Å²) >= 11 is 0. The van der Waals surface area contributed by atoms with E-state index in [4.69, 9.17) is 9.15 Å². The lowest BCUT2D eigenvalue weighted by Gasteiger charge is -2.39. The molecular weight excluding hydrogens is 440 g/mol. The van der Waals surface area contributed by atoms with Crippen molar-refractivity contribution < 1.29 is 50.0 Å². The molecule has 176 valence electrons. The highest BCUT2D eigenvalue weighted by molar-refractivity contribution is 5.87. The van der Waals surface area contributed by atoms with E-state index < -0.39 is 64.7 Å². The minimum absolute atomic E-state index is 0.0430. The Labute approximate surface area is 185 Å². The topological polar surface area (TPSA) is 201 Å². The van der Waals surface area contributed by atoms with Crippen LogP contribution in [0.15, 0.2) is 33.5 Å². The first-order valence-corrected chi connectivity index (χ1v) is 9.96. The molecule has 0 saturated carbocycles. The second-order valence-electron chi connectivity index (χ2n) is 8.00.